The Labute approximate surface area is 203 Å². The zero-order chi connectivity index (χ0) is 23.8. The number of anilines is 1. The highest BCUT2D eigenvalue weighted by atomic mass is 35.5. The Kier molecular flexibility index (Phi) is 8.94. The first-order valence-corrected chi connectivity index (χ1v) is 11.4. The maximum absolute atomic E-state index is 13.3. The molecule has 0 saturated heterocycles. The van der Waals surface area contributed by atoms with E-state index in [4.69, 9.17) is 22.1 Å². The number of carbonyl (C=O) groups is 1. The Morgan fingerprint density at radius 3 is 2.67 bits per heavy atom. The number of hydrogen-bond donors (Lipinski definition) is 4. The first-order chi connectivity index (χ1) is 15.9. The lowest BCUT2D eigenvalue weighted by atomic mass is 10.1. The van der Waals surface area contributed by atoms with Gasteiger partial charge < -0.3 is 21.1 Å². The lowest BCUT2D eigenvalue weighted by Crippen LogP contribution is -2.36. The predicted octanol–water partition coefficient (Wildman–Crippen LogP) is 4.29. The van der Waals surface area contributed by atoms with Crippen molar-refractivity contribution in [3.05, 3.63) is 77.1 Å². The van der Waals surface area contributed by atoms with Crippen molar-refractivity contribution in [2.45, 2.75) is 25.6 Å². The third kappa shape index (κ3) is 7.08. The molecule has 9 heteroatoms. The molecule has 1 aromatic heterocycles. The number of nitrogens with two attached hydrogens (primary N) is 1. The molecule has 174 valence electrons. The molecule has 0 fully saturated rings. The number of hydrogen-bond acceptors (Lipinski definition) is 6. The molecule has 0 spiro atoms. The highest BCUT2D eigenvalue weighted by Gasteiger charge is 2.19. The van der Waals surface area contributed by atoms with Crippen LogP contribution in [0.5, 0.6) is 5.88 Å². The van der Waals surface area contributed by atoms with Crippen LogP contribution < -0.4 is 21.1 Å². The second-order valence-corrected chi connectivity index (χ2v) is 8.24. The Balaban J connectivity index is 1.73. The fraction of sp³-hybridized carbons (Fsp3) is 0.250. The Hall–Kier alpha value is -2.81. The Bertz CT molecular complexity index is 1090. The number of amides is 1. The van der Waals surface area contributed by atoms with Gasteiger partial charge in [-0.1, -0.05) is 48.0 Å². The summed E-state index contributed by atoms with van der Waals surface area (Å²) in [6, 6.07) is 17.5. The number of nitrogens with one attached hydrogen (secondary N) is 2. The van der Waals surface area contributed by atoms with E-state index in [9.17, 15) is 9.18 Å². The molecule has 3 aromatic rings. The van der Waals surface area contributed by atoms with Crippen LogP contribution in [0.2, 0.25) is 5.02 Å². The zero-order valence-corrected chi connectivity index (χ0v) is 19.7. The largest absolute Gasteiger partial charge is 0.463 e. The number of rotatable bonds is 10. The van der Waals surface area contributed by atoms with Crippen molar-refractivity contribution in [3.8, 4) is 17.1 Å². The van der Waals surface area contributed by atoms with Crippen molar-refractivity contribution in [2.75, 3.05) is 17.6 Å². The minimum absolute atomic E-state index is 0.00288. The number of carbonyl (C=O) groups excluding carboxylic acids is 1. The predicted molar refractivity (Wildman–Crippen MR) is 133 cm³/mol. The SMILES string of the molecule is C[C@@H](Oc1nc(-c2ccccc2)ccc1NCC(N)CS)C(=O)NCc1ccc(F)c(Cl)c1. The first kappa shape index (κ1) is 24.8. The zero-order valence-electron chi connectivity index (χ0n) is 18.1. The van der Waals surface area contributed by atoms with Gasteiger partial charge in [-0.3, -0.25) is 4.79 Å². The van der Waals surface area contributed by atoms with Gasteiger partial charge in [0.25, 0.3) is 5.91 Å². The molecule has 2 atom stereocenters. The lowest BCUT2D eigenvalue weighted by Gasteiger charge is -2.19. The summed E-state index contributed by atoms with van der Waals surface area (Å²) in [4.78, 5) is 17.3. The molecule has 1 heterocycles. The summed E-state index contributed by atoms with van der Waals surface area (Å²) in [5, 5.41) is 5.98. The fourth-order valence-corrected chi connectivity index (χ4v) is 3.28. The molecule has 4 N–H and O–H groups in total. The second kappa shape index (κ2) is 11.9. The topological polar surface area (TPSA) is 89.3 Å². The van der Waals surface area contributed by atoms with E-state index in [2.05, 4.69) is 28.2 Å². The van der Waals surface area contributed by atoms with Gasteiger partial charge in [0, 0.05) is 30.4 Å². The Morgan fingerprint density at radius 2 is 1.97 bits per heavy atom. The summed E-state index contributed by atoms with van der Waals surface area (Å²) in [5.41, 5.74) is 8.89. The third-order valence-electron chi connectivity index (χ3n) is 4.83. The number of ether oxygens (including phenoxy) is 1. The number of halogens is 2. The third-order valence-corrected chi connectivity index (χ3v) is 5.59. The van der Waals surface area contributed by atoms with E-state index in [1.807, 2.05) is 42.5 Å². The van der Waals surface area contributed by atoms with Gasteiger partial charge >= 0.3 is 0 Å². The molecular weight excluding hydrogens is 463 g/mol. The minimum atomic E-state index is -0.835. The number of benzene rings is 2. The van der Waals surface area contributed by atoms with E-state index in [1.165, 1.54) is 12.1 Å². The summed E-state index contributed by atoms with van der Waals surface area (Å²) < 4.78 is 19.3. The van der Waals surface area contributed by atoms with Crippen molar-refractivity contribution in [2.24, 2.45) is 5.73 Å². The average Bonchev–Trinajstić information content (AvgIpc) is 2.83. The molecule has 33 heavy (non-hydrogen) atoms. The number of pyridine rings is 1. The van der Waals surface area contributed by atoms with Gasteiger partial charge in [0.15, 0.2) is 6.10 Å². The minimum Gasteiger partial charge on any atom is -0.463 e. The monoisotopic (exact) mass is 488 g/mol. The molecule has 0 aliphatic heterocycles. The van der Waals surface area contributed by atoms with Crippen LogP contribution in [-0.2, 0) is 11.3 Å². The number of aromatic nitrogens is 1. The van der Waals surface area contributed by atoms with Crippen LogP contribution in [-0.4, -0.2) is 35.3 Å². The lowest BCUT2D eigenvalue weighted by molar-refractivity contribution is -0.127. The van der Waals surface area contributed by atoms with Crippen LogP contribution in [0.25, 0.3) is 11.3 Å². The van der Waals surface area contributed by atoms with Crippen LogP contribution in [0.15, 0.2) is 60.7 Å². The van der Waals surface area contributed by atoms with E-state index in [1.54, 1.807) is 13.0 Å². The summed E-state index contributed by atoms with van der Waals surface area (Å²) in [6.07, 6.45) is -0.835. The quantitative estimate of drug-likeness (QED) is 0.320. The molecule has 1 amide bonds. The molecule has 0 bridgehead atoms. The van der Waals surface area contributed by atoms with Crippen molar-refractivity contribution in [1.82, 2.24) is 10.3 Å². The Morgan fingerprint density at radius 1 is 1.21 bits per heavy atom. The van der Waals surface area contributed by atoms with Crippen LogP contribution in [0.4, 0.5) is 10.1 Å². The van der Waals surface area contributed by atoms with Crippen LogP contribution >= 0.6 is 24.2 Å². The smallest absolute Gasteiger partial charge is 0.261 e. The molecule has 0 saturated carbocycles. The van der Waals surface area contributed by atoms with Gasteiger partial charge in [-0.25, -0.2) is 9.37 Å². The number of nitrogens with zero attached hydrogens (tertiary/aromatic N) is 1. The second-order valence-electron chi connectivity index (χ2n) is 7.47. The molecule has 2 aromatic carbocycles. The molecule has 0 aliphatic carbocycles. The van der Waals surface area contributed by atoms with Crippen molar-refractivity contribution in [3.63, 3.8) is 0 Å². The molecule has 1 unspecified atom stereocenters. The standard InChI is InChI=1S/C24H26ClFN4O2S/c1-15(23(31)29-12-16-7-8-20(26)19(25)11-16)32-24-22(28-13-18(27)14-33)10-9-21(30-24)17-5-3-2-4-6-17/h2-11,15,18,28,33H,12-14,27H2,1H3,(H,29,31)/t15-,18?/m1/s1. The number of thiol groups is 1. The van der Waals surface area contributed by atoms with E-state index in [0.717, 1.165) is 5.56 Å². The van der Waals surface area contributed by atoms with Gasteiger partial charge in [-0.2, -0.15) is 12.6 Å². The molecule has 3 rings (SSSR count). The normalized spacial score (nSPS) is 12.6. The van der Waals surface area contributed by atoms with Crippen molar-refractivity contribution < 1.29 is 13.9 Å². The summed E-state index contributed by atoms with van der Waals surface area (Å²) in [6.45, 7) is 2.29. The maximum Gasteiger partial charge on any atom is 0.261 e. The van der Waals surface area contributed by atoms with Gasteiger partial charge in [0.2, 0.25) is 5.88 Å². The first-order valence-electron chi connectivity index (χ1n) is 10.4. The van der Waals surface area contributed by atoms with Crippen LogP contribution in [0.3, 0.4) is 0 Å². The maximum atomic E-state index is 13.3. The van der Waals surface area contributed by atoms with Crippen LogP contribution in [0, 0.1) is 5.82 Å². The molecule has 0 radical (unpaired) electrons. The van der Waals surface area contributed by atoms with Crippen molar-refractivity contribution in [1.29, 1.82) is 0 Å². The van der Waals surface area contributed by atoms with E-state index < -0.39 is 11.9 Å². The summed E-state index contributed by atoms with van der Waals surface area (Å²) >= 11 is 10.0. The van der Waals surface area contributed by atoms with Crippen molar-refractivity contribution >= 4 is 35.8 Å². The van der Waals surface area contributed by atoms with E-state index in [0.29, 0.717) is 29.2 Å². The highest BCUT2D eigenvalue weighted by molar-refractivity contribution is 7.80. The van der Waals surface area contributed by atoms with Gasteiger partial charge in [-0.05, 0) is 36.8 Å². The van der Waals surface area contributed by atoms with Gasteiger partial charge in [0.05, 0.1) is 16.4 Å². The van der Waals surface area contributed by atoms with E-state index in [-0.39, 0.29) is 29.4 Å². The van der Waals surface area contributed by atoms with Crippen LogP contribution in [0.1, 0.15) is 12.5 Å². The van der Waals surface area contributed by atoms with E-state index >= 15 is 0 Å². The summed E-state index contributed by atoms with van der Waals surface area (Å²) in [7, 11) is 0. The van der Waals surface area contributed by atoms with Gasteiger partial charge in [-0.15, -0.1) is 0 Å². The molecular formula is C24H26ClFN4O2S. The molecule has 0 aliphatic rings. The average molecular weight is 489 g/mol. The fourth-order valence-electron chi connectivity index (χ4n) is 2.94. The van der Waals surface area contributed by atoms with Gasteiger partial charge in [0.1, 0.15) is 5.82 Å². The summed E-state index contributed by atoms with van der Waals surface area (Å²) in [5.74, 6) is -0.0497. The highest BCUT2D eigenvalue weighted by Crippen LogP contribution is 2.28. The molecule has 6 nitrogen and oxygen atoms in total.